The molecule has 1 N–H and O–H groups in total. The van der Waals surface area contributed by atoms with E-state index in [0.717, 1.165) is 41.4 Å². The van der Waals surface area contributed by atoms with Gasteiger partial charge in [-0.1, -0.05) is 61.2 Å². The van der Waals surface area contributed by atoms with E-state index in [4.69, 9.17) is 10.1 Å². The predicted octanol–water partition coefficient (Wildman–Crippen LogP) is 5.27. The zero-order valence-electron chi connectivity index (χ0n) is 18.5. The van der Waals surface area contributed by atoms with E-state index in [9.17, 15) is 4.79 Å². The third-order valence-electron chi connectivity index (χ3n) is 6.36. The van der Waals surface area contributed by atoms with E-state index in [0.29, 0.717) is 17.2 Å². The minimum atomic E-state index is -0.165. The Hall–Kier alpha value is -2.82. The van der Waals surface area contributed by atoms with Crippen LogP contribution in [0, 0.1) is 11.3 Å². The lowest BCUT2D eigenvalue weighted by atomic mass is 9.91. The van der Waals surface area contributed by atoms with Crippen LogP contribution in [0.3, 0.4) is 0 Å². The lowest BCUT2D eigenvalue weighted by molar-refractivity contribution is 0.0680. The molecular formula is C28H29NO2S. The average Bonchev–Trinajstić information content (AvgIpc) is 3.43. The molecule has 3 nitrogen and oxygen atoms in total. The van der Waals surface area contributed by atoms with Crippen LogP contribution in [0.4, 0.5) is 0 Å². The number of nitrogens with one attached hydrogen (secondary N) is 1. The predicted molar refractivity (Wildman–Crippen MR) is 135 cm³/mol. The number of carbonyl (C=O) groups is 1. The molecule has 2 aromatic rings. The number of Topliss-reactive ketones (excluding diaryl/α,β-unsaturated/α-hetero) is 1. The summed E-state index contributed by atoms with van der Waals surface area (Å²) in [5.74, 6) is 0.371. The zero-order valence-corrected chi connectivity index (χ0v) is 19.3. The van der Waals surface area contributed by atoms with Crippen molar-refractivity contribution in [1.82, 2.24) is 0 Å². The molecule has 0 saturated carbocycles. The summed E-state index contributed by atoms with van der Waals surface area (Å²) in [6, 6.07) is 10.4. The van der Waals surface area contributed by atoms with Gasteiger partial charge in [-0.3, -0.25) is 4.79 Å². The first kappa shape index (κ1) is 22.4. The molecule has 32 heavy (non-hydrogen) atoms. The van der Waals surface area contributed by atoms with Gasteiger partial charge in [0.2, 0.25) is 5.78 Å². The number of allylic oxidation sites excluding steroid dienone is 3. The molecule has 1 atom stereocenters. The van der Waals surface area contributed by atoms with Gasteiger partial charge in [0.1, 0.15) is 0 Å². The second kappa shape index (κ2) is 9.76. The first-order valence-electron chi connectivity index (χ1n) is 11.1. The summed E-state index contributed by atoms with van der Waals surface area (Å²) in [4.78, 5) is 13.8. The maximum atomic E-state index is 13.2. The SMILES string of the molecule is C=CC(=C)/C=c1/sc(C(=O)C(=N)CC2CCOCC2)c/c1=C(/C)C1C=Cc2ccccc21. The van der Waals surface area contributed by atoms with E-state index in [1.807, 2.05) is 12.1 Å². The van der Waals surface area contributed by atoms with Gasteiger partial charge in [-0.05, 0) is 66.2 Å². The number of ether oxygens (including phenoxy) is 1. The van der Waals surface area contributed by atoms with Gasteiger partial charge in [0.15, 0.2) is 0 Å². The van der Waals surface area contributed by atoms with Crippen molar-refractivity contribution in [2.45, 2.75) is 32.1 Å². The Kier molecular flexibility index (Phi) is 6.83. The fraction of sp³-hybridized carbons (Fsp3) is 0.286. The normalized spacial score (nSPS) is 19.5. The highest BCUT2D eigenvalue weighted by atomic mass is 32.1. The molecule has 1 aliphatic carbocycles. The first-order chi connectivity index (χ1) is 15.5. The summed E-state index contributed by atoms with van der Waals surface area (Å²) >= 11 is 1.45. The fourth-order valence-electron chi connectivity index (χ4n) is 4.43. The largest absolute Gasteiger partial charge is 0.381 e. The second-order valence-corrected chi connectivity index (χ2v) is 9.61. The molecule has 1 aromatic carbocycles. The molecule has 1 aliphatic heterocycles. The van der Waals surface area contributed by atoms with Crippen LogP contribution >= 0.6 is 11.3 Å². The highest BCUT2D eigenvalue weighted by Crippen LogP contribution is 2.35. The molecule has 4 rings (SSSR count). The van der Waals surface area contributed by atoms with E-state index in [-0.39, 0.29) is 17.4 Å². The molecule has 1 unspecified atom stereocenters. The van der Waals surface area contributed by atoms with Gasteiger partial charge in [-0.15, -0.1) is 11.3 Å². The molecule has 0 amide bonds. The first-order valence-corrected chi connectivity index (χ1v) is 11.9. The van der Waals surface area contributed by atoms with E-state index >= 15 is 0 Å². The minimum absolute atomic E-state index is 0.165. The van der Waals surface area contributed by atoms with E-state index in [2.05, 4.69) is 56.5 Å². The van der Waals surface area contributed by atoms with Gasteiger partial charge >= 0.3 is 0 Å². The van der Waals surface area contributed by atoms with Crippen molar-refractivity contribution in [3.05, 3.63) is 87.0 Å². The number of carbonyl (C=O) groups excluding carboxylic acids is 1. The number of ketones is 1. The summed E-state index contributed by atoms with van der Waals surface area (Å²) < 4.78 is 6.40. The lowest BCUT2D eigenvalue weighted by Gasteiger charge is -2.21. The van der Waals surface area contributed by atoms with Crippen LogP contribution in [-0.4, -0.2) is 24.7 Å². The molecule has 0 radical (unpaired) electrons. The lowest BCUT2D eigenvalue weighted by Crippen LogP contribution is -2.23. The quantitative estimate of drug-likeness (QED) is 0.360. The minimum Gasteiger partial charge on any atom is -0.381 e. The standard InChI is InChI=1S/C28H29NO2S/c1-4-18(2)15-26-24(19(3)22-10-9-21-7-5-6-8-23(21)22)17-27(32-26)28(30)25(29)16-20-11-13-31-14-12-20/h4-10,15,17,20,22,29H,1-2,11-14,16H2,3H3/b24-19+,26-15+,29-25?. The van der Waals surface area contributed by atoms with Gasteiger partial charge in [0, 0.05) is 23.7 Å². The van der Waals surface area contributed by atoms with Crippen molar-refractivity contribution >= 4 is 40.6 Å². The van der Waals surface area contributed by atoms with Crippen molar-refractivity contribution in [3.8, 4) is 0 Å². The van der Waals surface area contributed by atoms with E-state index < -0.39 is 0 Å². The number of benzene rings is 1. The Morgan fingerprint density at radius 3 is 2.78 bits per heavy atom. The van der Waals surface area contributed by atoms with Crippen molar-refractivity contribution in [2.24, 2.45) is 5.92 Å². The molecule has 2 aliphatic rings. The molecule has 0 spiro atoms. The molecule has 1 saturated heterocycles. The summed E-state index contributed by atoms with van der Waals surface area (Å²) in [7, 11) is 0. The van der Waals surface area contributed by atoms with Crippen LogP contribution in [0.15, 0.2) is 61.2 Å². The van der Waals surface area contributed by atoms with Gasteiger partial charge in [0.05, 0.1) is 10.6 Å². The molecule has 4 heteroatoms. The Balaban J connectivity index is 1.72. The monoisotopic (exact) mass is 443 g/mol. The van der Waals surface area contributed by atoms with Crippen molar-refractivity contribution < 1.29 is 9.53 Å². The third-order valence-corrected chi connectivity index (χ3v) is 7.44. The van der Waals surface area contributed by atoms with Gasteiger partial charge in [-0.25, -0.2) is 0 Å². The maximum Gasteiger partial charge on any atom is 0.216 e. The van der Waals surface area contributed by atoms with Gasteiger partial charge in [-0.2, -0.15) is 0 Å². The Labute approximate surface area is 193 Å². The molecular weight excluding hydrogens is 414 g/mol. The third kappa shape index (κ3) is 4.67. The number of fused-ring (bicyclic) bond motifs is 1. The number of hydrogen-bond donors (Lipinski definition) is 1. The number of hydrogen-bond acceptors (Lipinski definition) is 4. The molecule has 1 aromatic heterocycles. The van der Waals surface area contributed by atoms with Crippen LogP contribution in [0.1, 0.15) is 52.9 Å². The summed E-state index contributed by atoms with van der Waals surface area (Å²) in [6.45, 7) is 11.4. The Morgan fingerprint density at radius 1 is 1.28 bits per heavy atom. The van der Waals surface area contributed by atoms with Crippen molar-refractivity contribution in [3.63, 3.8) is 0 Å². The molecule has 1 fully saturated rings. The number of thiophene rings is 1. The van der Waals surface area contributed by atoms with E-state index in [1.54, 1.807) is 6.08 Å². The smallest absolute Gasteiger partial charge is 0.216 e. The molecule has 0 bridgehead atoms. The summed E-state index contributed by atoms with van der Waals surface area (Å²) in [5.41, 5.74) is 4.72. The molecule has 164 valence electrons. The number of rotatable bonds is 7. The Morgan fingerprint density at radius 2 is 2.03 bits per heavy atom. The fourth-order valence-corrected chi connectivity index (χ4v) is 5.60. The van der Waals surface area contributed by atoms with E-state index in [1.165, 1.54) is 28.0 Å². The second-order valence-electron chi connectivity index (χ2n) is 8.53. The van der Waals surface area contributed by atoms with Gasteiger partial charge in [0.25, 0.3) is 0 Å². The van der Waals surface area contributed by atoms with Crippen LogP contribution < -0.4 is 9.75 Å². The van der Waals surface area contributed by atoms with Gasteiger partial charge < -0.3 is 10.1 Å². The summed E-state index contributed by atoms with van der Waals surface area (Å²) in [6.07, 6.45) is 10.5. The highest BCUT2D eigenvalue weighted by Gasteiger charge is 2.23. The maximum absolute atomic E-state index is 13.2. The van der Waals surface area contributed by atoms with Crippen molar-refractivity contribution in [2.75, 3.05) is 13.2 Å². The van der Waals surface area contributed by atoms with Crippen molar-refractivity contribution in [1.29, 1.82) is 5.41 Å². The van der Waals surface area contributed by atoms with Crippen LogP contribution in [0.25, 0.3) is 17.7 Å². The highest BCUT2D eigenvalue weighted by molar-refractivity contribution is 7.13. The average molecular weight is 444 g/mol. The Bertz CT molecular complexity index is 1220. The summed E-state index contributed by atoms with van der Waals surface area (Å²) in [5, 5.41) is 9.50. The van der Waals surface area contributed by atoms with Crippen LogP contribution in [0.2, 0.25) is 0 Å². The van der Waals surface area contributed by atoms with Crippen LogP contribution in [-0.2, 0) is 4.74 Å². The van der Waals surface area contributed by atoms with Crippen LogP contribution in [0.5, 0.6) is 0 Å². The molecule has 2 heterocycles. The topological polar surface area (TPSA) is 50.2 Å². The zero-order chi connectivity index (χ0) is 22.7.